The number of nitrogens with one attached hydrogen (secondary N) is 1. The summed E-state index contributed by atoms with van der Waals surface area (Å²) in [6.45, 7) is 4.15. The van der Waals surface area contributed by atoms with Crippen molar-refractivity contribution in [2.75, 3.05) is 19.8 Å². The molecule has 0 aromatic carbocycles. The fourth-order valence-electron chi connectivity index (χ4n) is 6.37. The van der Waals surface area contributed by atoms with Crippen LogP contribution in [0.15, 0.2) is 12.2 Å². The number of hydrogen-bond acceptors (Lipinski definition) is 6. The highest BCUT2D eigenvalue weighted by Crippen LogP contribution is 2.43. The van der Waals surface area contributed by atoms with Gasteiger partial charge in [0.2, 0.25) is 5.91 Å². The van der Waals surface area contributed by atoms with Crippen molar-refractivity contribution in [1.82, 2.24) is 5.32 Å². The molecule has 0 heterocycles. The number of phosphoric ester groups is 1. The maximum atomic E-state index is 12.7. The zero-order valence-corrected chi connectivity index (χ0v) is 33.8. The molecule has 298 valence electrons. The Morgan fingerprint density at radius 3 is 1.42 bits per heavy atom. The van der Waals surface area contributed by atoms with E-state index >= 15 is 0 Å². The van der Waals surface area contributed by atoms with Crippen molar-refractivity contribution in [1.29, 1.82) is 0 Å². The minimum absolute atomic E-state index is 0.0813. The molecule has 0 spiro atoms. The van der Waals surface area contributed by atoms with Gasteiger partial charge in [0, 0.05) is 13.0 Å². The first-order valence-corrected chi connectivity index (χ1v) is 22.8. The Morgan fingerprint density at radius 1 is 0.640 bits per heavy atom. The lowest BCUT2D eigenvalue weighted by molar-refractivity contribution is -0.123. The van der Waals surface area contributed by atoms with Crippen LogP contribution < -0.4 is 11.1 Å². The van der Waals surface area contributed by atoms with Crippen LogP contribution in [0.4, 0.5) is 0 Å². The first kappa shape index (κ1) is 49.2. The lowest BCUT2D eigenvalue weighted by Crippen LogP contribution is -2.45. The van der Waals surface area contributed by atoms with Crippen molar-refractivity contribution in [2.24, 2.45) is 5.73 Å². The van der Waals surface area contributed by atoms with Crippen LogP contribution in [0.1, 0.15) is 213 Å². The average molecular weight is 731 g/mol. The van der Waals surface area contributed by atoms with Gasteiger partial charge in [-0.1, -0.05) is 199 Å². The predicted octanol–water partition coefficient (Wildman–Crippen LogP) is 11.6. The zero-order valence-electron chi connectivity index (χ0n) is 32.9. The second-order valence-corrected chi connectivity index (χ2v) is 16.0. The number of nitrogens with two attached hydrogens (primary N) is 1. The predicted molar refractivity (Wildman–Crippen MR) is 212 cm³/mol. The third-order valence-electron chi connectivity index (χ3n) is 9.61. The molecule has 5 N–H and O–H groups in total. The van der Waals surface area contributed by atoms with E-state index in [-0.39, 0.29) is 25.7 Å². The minimum Gasteiger partial charge on any atom is -0.387 e. The van der Waals surface area contributed by atoms with Crippen LogP contribution in [0.25, 0.3) is 0 Å². The van der Waals surface area contributed by atoms with Gasteiger partial charge < -0.3 is 21.1 Å². The van der Waals surface area contributed by atoms with Crippen LogP contribution in [0.2, 0.25) is 0 Å². The van der Waals surface area contributed by atoms with E-state index in [4.69, 9.17) is 14.8 Å². The Balaban J connectivity index is 4.20. The number of aliphatic hydroxyl groups is 1. The number of allylic oxidation sites excluding steroid dienone is 1. The Labute approximate surface area is 309 Å². The summed E-state index contributed by atoms with van der Waals surface area (Å²) in [6, 6.07) is -0.853. The molecule has 0 aromatic heterocycles. The molecule has 0 aliphatic heterocycles. The lowest BCUT2D eigenvalue weighted by atomic mass is 10.0. The molecule has 3 unspecified atom stereocenters. The quantitative estimate of drug-likeness (QED) is 0.0280. The second-order valence-electron chi connectivity index (χ2n) is 14.6. The molecule has 0 radical (unpaired) electrons. The van der Waals surface area contributed by atoms with Gasteiger partial charge in [0.1, 0.15) is 0 Å². The van der Waals surface area contributed by atoms with Gasteiger partial charge in [0.25, 0.3) is 0 Å². The Kier molecular flexibility index (Phi) is 37.4. The fourth-order valence-corrected chi connectivity index (χ4v) is 7.13. The van der Waals surface area contributed by atoms with Crippen molar-refractivity contribution in [3.05, 3.63) is 12.2 Å². The Bertz CT molecular complexity index is 799. The zero-order chi connectivity index (χ0) is 36.8. The molecule has 9 heteroatoms. The molecule has 1 amide bonds. The number of phosphoric acid groups is 1. The summed E-state index contributed by atoms with van der Waals surface area (Å²) in [5.74, 6) is -0.192. The molecular formula is C41H83N2O6P. The van der Waals surface area contributed by atoms with Crippen molar-refractivity contribution in [3.8, 4) is 0 Å². The van der Waals surface area contributed by atoms with Crippen LogP contribution >= 0.6 is 7.82 Å². The van der Waals surface area contributed by atoms with Crippen LogP contribution in [0.5, 0.6) is 0 Å². The second kappa shape index (κ2) is 38.0. The molecule has 0 aliphatic carbocycles. The summed E-state index contributed by atoms with van der Waals surface area (Å²) in [7, 11) is -4.33. The van der Waals surface area contributed by atoms with Crippen LogP contribution in [-0.4, -0.2) is 47.8 Å². The maximum Gasteiger partial charge on any atom is 0.472 e. The summed E-state index contributed by atoms with van der Waals surface area (Å²) >= 11 is 0. The summed E-state index contributed by atoms with van der Waals surface area (Å²) in [5, 5.41) is 13.7. The molecule has 0 bridgehead atoms. The number of carbonyl (C=O) groups excluding carboxylic acids is 1. The van der Waals surface area contributed by atoms with E-state index in [9.17, 15) is 19.4 Å². The average Bonchev–Trinajstić information content (AvgIpc) is 3.10. The first-order chi connectivity index (χ1) is 24.4. The Morgan fingerprint density at radius 2 is 1.02 bits per heavy atom. The summed E-state index contributed by atoms with van der Waals surface area (Å²) in [4.78, 5) is 22.6. The molecular weight excluding hydrogens is 647 g/mol. The third-order valence-corrected chi connectivity index (χ3v) is 10.6. The van der Waals surface area contributed by atoms with Crippen LogP contribution in [0.3, 0.4) is 0 Å². The van der Waals surface area contributed by atoms with Crippen molar-refractivity contribution in [3.63, 3.8) is 0 Å². The van der Waals surface area contributed by atoms with Gasteiger partial charge in [-0.15, -0.1) is 0 Å². The van der Waals surface area contributed by atoms with E-state index < -0.39 is 20.0 Å². The third kappa shape index (κ3) is 35.6. The van der Waals surface area contributed by atoms with Crippen molar-refractivity contribution in [2.45, 2.75) is 225 Å². The van der Waals surface area contributed by atoms with Gasteiger partial charge in [0.05, 0.1) is 25.4 Å². The molecule has 0 aliphatic rings. The number of carbonyl (C=O) groups is 1. The van der Waals surface area contributed by atoms with Gasteiger partial charge in [-0.05, 0) is 19.3 Å². The first-order valence-electron chi connectivity index (χ1n) is 21.3. The van der Waals surface area contributed by atoms with Gasteiger partial charge in [-0.25, -0.2) is 4.57 Å². The van der Waals surface area contributed by atoms with E-state index in [0.29, 0.717) is 6.42 Å². The van der Waals surface area contributed by atoms with Crippen molar-refractivity contribution < 1.29 is 28.4 Å². The molecule has 0 saturated carbocycles. The van der Waals surface area contributed by atoms with E-state index in [0.717, 1.165) is 38.5 Å². The highest BCUT2D eigenvalue weighted by molar-refractivity contribution is 7.47. The molecule has 3 atom stereocenters. The highest BCUT2D eigenvalue weighted by atomic mass is 31.2. The molecule has 0 rings (SSSR count). The standard InChI is InChI=1S/C41H83N2O6P/c1-3-5-7-9-11-13-15-17-18-19-20-21-23-24-26-28-30-32-34-40(44)39(38-49-50(46,47)48-37-36-42)43-41(45)35-33-31-29-27-25-22-16-14-12-10-8-6-4-2/h32,34,39-40,44H,3-31,33,35-38,42H2,1-2H3,(H,43,45)(H,46,47)/b34-32+. The highest BCUT2D eigenvalue weighted by Gasteiger charge is 2.26. The van der Waals surface area contributed by atoms with E-state index in [1.165, 1.54) is 154 Å². The summed E-state index contributed by atoms with van der Waals surface area (Å²) in [6.07, 6.45) is 41.1. The number of amides is 1. The number of aliphatic hydroxyl groups excluding tert-OH is 1. The fraction of sp³-hybridized carbons (Fsp3) is 0.927. The topological polar surface area (TPSA) is 131 Å². The molecule has 50 heavy (non-hydrogen) atoms. The van der Waals surface area contributed by atoms with Gasteiger partial charge in [0.15, 0.2) is 0 Å². The van der Waals surface area contributed by atoms with Gasteiger partial charge in [-0.2, -0.15) is 0 Å². The van der Waals surface area contributed by atoms with Crippen LogP contribution in [-0.2, 0) is 18.4 Å². The van der Waals surface area contributed by atoms with Crippen LogP contribution in [0, 0.1) is 0 Å². The molecule has 8 nitrogen and oxygen atoms in total. The largest absolute Gasteiger partial charge is 0.472 e. The van der Waals surface area contributed by atoms with E-state index in [1.54, 1.807) is 6.08 Å². The number of hydrogen-bond donors (Lipinski definition) is 4. The SMILES string of the molecule is CCCCCCCCCCCCCCCCCC/C=C/C(O)C(COP(=O)(O)OCCN)NC(=O)CCCCCCCCCCCCCCC. The maximum absolute atomic E-state index is 12.7. The van der Waals surface area contributed by atoms with Gasteiger partial charge in [-0.3, -0.25) is 13.8 Å². The lowest BCUT2D eigenvalue weighted by Gasteiger charge is -2.23. The summed E-state index contributed by atoms with van der Waals surface area (Å²) in [5.41, 5.74) is 5.37. The van der Waals surface area contributed by atoms with E-state index in [1.807, 2.05) is 6.08 Å². The monoisotopic (exact) mass is 731 g/mol. The number of unbranched alkanes of at least 4 members (excludes halogenated alkanes) is 28. The normalized spacial score (nSPS) is 14.3. The molecule has 0 fully saturated rings. The van der Waals surface area contributed by atoms with Crippen molar-refractivity contribution >= 4 is 13.7 Å². The molecule has 0 aromatic rings. The van der Waals surface area contributed by atoms with E-state index in [2.05, 4.69) is 19.2 Å². The molecule has 0 saturated heterocycles. The minimum atomic E-state index is -4.33. The van der Waals surface area contributed by atoms with Gasteiger partial charge >= 0.3 is 7.82 Å². The Hall–Kier alpha value is -0.760. The smallest absolute Gasteiger partial charge is 0.387 e. The number of rotatable bonds is 40. The summed E-state index contributed by atoms with van der Waals surface area (Å²) < 4.78 is 22.1.